The summed E-state index contributed by atoms with van der Waals surface area (Å²) in [5.41, 5.74) is -0.625. The molecule has 0 fully saturated rings. The van der Waals surface area contributed by atoms with Crippen molar-refractivity contribution in [3.05, 3.63) is 35.4 Å². The first-order valence-electron chi connectivity index (χ1n) is 3.80. The van der Waals surface area contributed by atoms with Crippen LogP contribution in [-0.4, -0.2) is 8.76 Å². The van der Waals surface area contributed by atoms with E-state index in [0.717, 1.165) is 12.1 Å². The largest absolute Gasteiger partial charge is 0.416 e. The maximum Gasteiger partial charge on any atom is 0.416 e. The lowest BCUT2D eigenvalue weighted by Crippen LogP contribution is -2.05. The maximum absolute atomic E-state index is 12.2. The van der Waals surface area contributed by atoms with E-state index in [1.165, 1.54) is 12.1 Å². The molecule has 1 aromatic carbocycles. The average Bonchev–Trinajstić information content (AvgIpc) is 2.14. The Balaban J connectivity index is 2.79. The van der Waals surface area contributed by atoms with E-state index in [-0.39, 0.29) is 12.2 Å². The van der Waals surface area contributed by atoms with Crippen LogP contribution in [0.2, 0.25) is 0 Å². The van der Waals surface area contributed by atoms with E-state index in [1.54, 1.807) is 0 Å². The van der Waals surface area contributed by atoms with Crippen LogP contribution < -0.4 is 0 Å². The zero-order valence-electron chi connectivity index (χ0n) is 7.32. The molecule has 0 amide bonds. The van der Waals surface area contributed by atoms with Crippen molar-refractivity contribution in [1.82, 2.24) is 0 Å². The van der Waals surface area contributed by atoms with Crippen molar-refractivity contribution >= 4 is 11.4 Å². The molecule has 0 saturated heterocycles. The molecule has 7 heteroatoms. The Kier molecular flexibility index (Phi) is 3.83. The Bertz CT molecular complexity index is 364. The molecule has 0 aliphatic heterocycles. The Hall–Kier alpha value is -0.920. The van der Waals surface area contributed by atoms with Gasteiger partial charge in [0, 0.05) is 0 Å². The maximum atomic E-state index is 12.2. The summed E-state index contributed by atoms with van der Waals surface area (Å²) in [5, 5.41) is 0. The van der Waals surface area contributed by atoms with E-state index < -0.39 is 23.1 Å². The number of alkyl halides is 3. The van der Waals surface area contributed by atoms with Crippen LogP contribution in [0.25, 0.3) is 0 Å². The summed E-state index contributed by atoms with van der Waals surface area (Å²) in [6.45, 7) is -0.340. The minimum Gasteiger partial charge on any atom is -0.284 e. The summed E-state index contributed by atoms with van der Waals surface area (Å²) >= 11 is -2.48. The molecule has 0 bridgehead atoms. The number of hydrogen-bond acceptors (Lipinski definition) is 2. The SMILES string of the molecule is O=S(O)OCc1cccc(C(F)(F)F)c1. The summed E-state index contributed by atoms with van der Waals surface area (Å²) in [6, 6.07) is 4.37. The van der Waals surface area contributed by atoms with Gasteiger partial charge in [-0.3, -0.25) is 8.74 Å². The van der Waals surface area contributed by atoms with E-state index >= 15 is 0 Å². The first kappa shape index (κ1) is 12.2. The fraction of sp³-hybridized carbons (Fsp3) is 0.250. The summed E-state index contributed by atoms with van der Waals surface area (Å²) < 4.78 is 59.3. The highest BCUT2D eigenvalue weighted by Gasteiger charge is 2.30. The van der Waals surface area contributed by atoms with Crippen LogP contribution in [0.5, 0.6) is 0 Å². The number of halogens is 3. The third kappa shape index (κ3) is 3.98. The fourth-order valence-corrected chi connectivity index (χ4v) is 1.19. The summed E-state index contributed by atoms with van der Waals surface area (Å²) in [5.74, 6) is 0. The second-order valence-corrected chi connectivity index (χ2v) is 3.35. The second-order valence-electron chi connectivity index (χ2n) is 2.68. The van der Waals surface area contributed by atoms with Gasteiger partial charge in [0.05, 0.1) is 12.2 Å². The molecule has 0 saturated carbocycles. The van der Waals surface area contributed by atoms with Crippen molar-refractivity contribution in [2.45, 2.75) is 12.8 Å². The molecule has 0 aliphatic carbocycles. The molecule has 3 nitrogen and oxygen atoms in total. The minimum absolute atomic E-state index is 0.187. The molecule has 0 aromatic heterocycles. The zero-order valence-corrected chi connectivity index (χ0v) is 8.14. The highest BCUT2D eigenvalue weighted by atomic mass is 32.2. The van der Waals surface area contributed by atoms with Crippen LogP contribution >= 0.6 is 0 Å². The Morgan fingerprint density at radius 3 is 2.60 bits per heavy atom. The van der Waals surface area contributed by atoms with Gasteiger partial charge in [0.25, 0.3) is 0 Å². The molecule has 1 aromatic rings. The third-order valence-electron chi connectivity index (χ3n) is 1.58. The lowest BCUT2D eigenvalue weighted by molar-refractivity contribution is -0.137. The van der Waals surface area contributed by atoms with Crippen molar-refractivity contribution in [3.63, 3.8) is 0 Å². The quantitative estimate of drug-likeness (QED) is 0.825. The molecular formula is C8H7F3O3S. The van der Waals surface area contributed by atoms with Crippen LogP contribution in [0, 0.1) is 0 Å². The monoisotopic (exact) mass is 240 g/mol. The van der Waals surface area contributed by atoms with Crippen LogP contribution in [-0.2, 0) is 28.3 Å². The summed E-state index contributed by atoms with van der Waals surface area (Å²) in [7, 11) is 0. The van der Waals surface area contributed by atoms with Crippen LogP contribution in [0.4, 0.5) is 13.2 Å². The standard InChI is InChI=1S/C8H7F3O3S/c9-8(10,11)7-3-1-2-6(4-7)5-14-15(12)13/h1-4H,5H2,(H,12,13). The van der Waals surface area contributed by atoms with Crippen molar-refractivity contribution in [2.24, 2.45) is 0 Å². The molecule has 15 heavy (non-hydrogen) atoms. The van der Waals surface area contributed by atoms with Crippen molar-refractivity contribution in [3.8, 4) is 0 Å². The number of hydrogen-bond donors (Lipinski definition) is 1. The predicted molar refractivity (Wildman–Crippen MR) is 47.0 cm³/mol. The Labute approximate surface area is 86.4 Å². The molecular weight excluding hydrogens is 233 g/mol. The first-order valence-corrected chi connectivity index (χ1v) is 4.83. The van der Waals surface area contributed by atoms with Crippen molar-refractivity contribution in [2.75, 3.05) is 0 Å². The smallest absolute Gasteiger partial charge is 0.284 e. The molecule has 0 spiro atoms. The topological polar surface area (TPSA) is 46.5 Å². The minimum atomic E-state index is -4.42. The van der Waals surface area contributed by atoms with E-state index in [1.807, 2.05) is 0 Å². The van der Waals surface area contributed by atoms with E-state index in [2.05, 4.69) is 4.18 Å². The van der Waals surface area contributed by atoms with Gasteiger partial charge in [-0.05, 0) is 17.7 Å². The molecule has 1 unspecified atom stereocenters. The number of rotatable bonds is 3. The van der Waals surface area contributed by atoms with Gasteiger partial charge in [-0.1, -0.05) is 12.1 Å². The lowest BCUT2D eigenvalue weighted by Gasteiger charge is -2.07. The van der Waals surface area contributed by atoms with Crippen molar-refractivity contribution < 1.29 is 26.1 Å². The van der Waals surface area contributed by atoms with E-state index in [4.69, 9.17) is 4.55 Å². The lowest BCUT2D eigenvalue weighted by atomic mass is 10.1. The average molecular weight is 240 g/mol. The van der Waals surface area contributed by atoms with Crippen LogP contribution in [0.15, 0.2) is 24.3 Å². The third-order valence-corrected chi connectivity index (χ3v) is 1.90. The van der Waals surface area contributed by atoms with Gasteiger partial charge < -0.3 is 0 Å². The molecule has 0 radical (unpaired) electrons. The second kappa shape index (κ2) is 4.73. The predicted octanol–water partition coefficient (Wildman–Crippen LogP) is 2.36. The van der Waals surface area contributed by atoms with Crippen molar-refractivity contribution in [1.29, 1.82) is 0 Å². The molecule has 1 N–H and O–H groups in total. The van der Waals surface area contributed by atoms with Gasteiger partial charge in [-0.15, -0.1) is 0 Å². The van der Waals surface area contributed by atoms with Gasteiger partial charge in [0.2, 0.25) is 0 Å². The summed E-state index contributed by atoms with van der Waals surface area (Å²) in [4.78, 5) is 0. The highest BCUT2D eigenvalue weighted by molar-refractivity contribution is 7.74. The molecule has 0 heterocycles. The molecule has 1 atom stereocenters. The van der Waals surface area contributed by atoms with E-state index in [0.29, 0.717) is 0 Å². The normalized spacial score (nSPS) is 13.9. The highest BCUT2D eigenvalue weighted by Crippen LogP contribution is 2.29. The molecule has 84 valence electrons. The van der Waals surface area contributed by atoms with Crippen LogP contribution in [0.1, 0.15) is 11.1 Å². The molecule has 0 aliphatic rings. The zero-order chi connectivity index (χ0) is 11.5. The van der Waals surface area contributed by atoms with E-state index in [9.17, 15) is 17.4 Å². The Morgan fingerprint density at radius 1 is 1.40 bits per heavy atom. The summed E-state index contributed by atoms with van der Waals surface area (Å²) in [6.07, 6.45) is -4.42. The first-order chi connectivity index (χ1) is 6.89. The van der Waals surface area contributed by atoms with Gasteiger partial charge in [0.1, 0.15) is 0 Å². The van der Waals surface area contributed by atoms with Gasteiger partial charge >= 0.3 is 17.5 Å². The number of benzene rings is 1. The Morgan fingerprint density at radius 2 is 2.07 bits per heavy atom. The van der Waals surface area contributed by atoms with Gasteiger partial charge in [-0.25, -0.2) is 0 Å². The molecule has 1 rings (SSSR count). The van der Waals surface area contributed by atoms with Crippen LogP contribution in [0.3, 0.4) is 0 Å². The van der Waals surface area contributed by atoms with Gasteiger partial charge in [0.15, 0.2) is 0 Å². The fourth-order valence-electron chi connectivity index (χ4n) is 0.956. The van der Waals surface area contributed by atoms with Gasteiger partial charge in [-0.2, -0.15) is 17.4 Å².